The van der Waals surface area contributed by atoms with Gasteiger partial charge in [-0.25, -0.2) is 0 Å². The average molecular weight is 207 g/mol. The number of aryl methyl sites for hydroxylation is 1. The minimum atomic E-state index is -0.129. The summed E-state index contributed by atoms with van der Waals surface area (Å²) in [6, 6.07) is 7.96. The monoisotopic (exact) mass is 207 g/mol. The molecule has 14 heavy (non-hydrogen) atoms. The number of hydrogen-bond donors (Lipinski definition) is 1. The molecule has 1 amide bonds. The molecule has 0 unspecified atom stereocenters. The maximum atomic E-state index is 11.2. The zero-order valence-electron chi connectivity index (χ0n) is 8.33. The molecule has 0 aliphatic carbocycles. The van der Waals surface area contributed by atoms with Crippen LogP contribution in [0.4, 0.5) is 0 Å². The molecule has 1 aromatic rings. The Morgan fingerprint density at radius 1 is 1.36 bits per heavy atom. The predicted octanol–water partition coefficient (Wildman–Crippen LogP) is 2.69. The van der Waals surface area contributed by atoms with E-state index in [0.29, 0.717) is 5.57 Å². The van der Waals surface area contributed by atoms with Crippen LogP contribution in [0.5, 0.6) is 0 Å². The topological polar surface area (TPSA) is 29.1 Å². The fourth-order valence-corrected chi connectivity index (χ4v) is 1.46. The van der Waals surface area contributed by atoms with Gasteiger partial charge < -0.3 is 0 Å². The third-order valence-electron chi connectivity index (χ3n) is 1.67. The second kappa shape index (κ2) is 4.86. The Bertz CT molecular complexity index is 343. The molecule has 0 aliphatic rings. The number of carbonyl (C=O) groups excluding carboxylic acids is 1. The maximum absolute atomic E-state index is 11.2. The largest absolute Gasteiger partial charge is 0.292 e. The third kappa shape index (κ3) is 3.26. The summed E-state index contributed by atoms with van der Waals surface area (Å²) >= 11 is 1.31. The molecule has 1 aromatic carbocycles. The Kier molecular flexibility index (Phi) is 3.77. The van der Waals surface area contributed by atoms with Crippen molar-refractivity contribution in [3.63, 3.8) is 0 Å². The van der Waals surface area contributed by atoms with Crippen molar-refractivity contribution in [3.05, 3.63) is 42.0 Å². The molecule has 0 bridgehead atoms. The van der Waals surface area contributed by atoms with E-state index in [-0.39, 0.29) is 5.91 Å². The van der Waals surface area contributed by atoms with Gasteiger partial charge in [0.25, 0.3) is 5.91 Å². The quantitative estimate of drug-likeness (QED) is 0.610. The number of amides is 1. The van der Waals surface area contributed by atoms with Gasteiger partial charge >= 0.3 is 0 Å². The predicted molar refractivity (Wildman–Crippen MR) is 60.0 cm³/mol. The number of carbonyl (C=O) groups is 1. The van der Waals surface area contributed by atoms with E-state index in [2.05, 4.69) is 11.3 Å². The Balaban J connectivity index is 2.50. The van der Waals surface area contributed by atoms with Gasteiger partial charge in [-0.2, -0.15) is 0 Å². The van der Waals surface area contributed by atoms with Gasteiger partial charge in [-0.05, 0) is 37.9 Å². The van der Waals surface area contributed by atoms with Crippen LogP contribution in [-0.4, -0.2) is 5.91 Å². The van der Waals surface area contributed by atoms with Gasteiger partial charge in [0.2, 0.25) is 0 Å². The summed E-state index contributed by atoms with van der Waals surface area (Å²) in [5.41, 5.74) is 1.73. The second-order valence-corrected chi connectivity index (χ2v) is 4.01. The highest BCUT2D eigenvalue weighted by molar-refractivity contribution is 7.98. The zero-order valence-corrected chi connectivity index (χ0v) is 9.15. The smallest absolute Gasteiger partial charge is 0.256 e. The molecule has 0 saturated heterocycles. The van der Waals surface area contributed by atoms with Gasteiger partial charge in [-0.15, -0.1) is 0 Å². The van der Waals surface area contributed by atoms with Crippen molar-refractivity contribution >= 4 is 17.9 Å². The third-order valence-corrected chi connectivity index (χ3v) is 2.47. The molecule has 0 aliphatic heterocycles. The summed E-state index contributed by atoms with van der Waals surface area (Å²) in [5.74, 6) is -0.129. The molecule has 0 atom stereocenters. The van der Waals surface area contributed by atoms with E-state index >= 15 is 0 Å². The molecule has 0 heterocycles. The van der Waals surface area contributed by atoms with Crippen LogP contribution in [-0.2, 0) is 4.79 Å². The van der Waals surface area contributed by atoms with E-state index in [0.717, 1.165) is 4.90 Å². The van der Waals surface area contributed by atoms with Crippen LogP contribution in [0.3, 0.4) is 0 Å². The van der Waals surface area contributed by atoms with Crippen LogP contribution >= 0.6 is 11.9 Å². The van der Waals surface area contributed by atoms with Gasteiger partial charge in [0.15, 0.2) is 0 Å². The Hall–Kier alpha value is -1.22. The van der Waals surface area contributed by atoms with Gasteiger partial charge in [-0.3, -0.25) is 9.52 Å². The summed E-state index contributed by atoms with van der Waals surface area (Å²) in [4.78, 5) is 12.2. The van der Waals surface area contributed by atoms with Crippen molar-refractivity contribution < 1.29 is 4.79 Å². The summed E-state index contributed by atoms with van der Waals surface area (Å²) in [6.45, 7) is 7.27. The summed E-state index contributed by atoms with van der Waals surface area (Å²) in [7, 11) is 0. The first-order valence-electron chi connectivity index (χ1n) is 4.29. The SMILES string of the molecule is C=C(C)C(=O)NSc1ccc(C)cc1. The van der Waals surface area contributed by atoms with E-state index < -0.39 is 0 Å². The van der Waals surface area contributed by atoms with Crippen LogP contribution in [0.15, 0.2) is 41.3 Å². The molecule has 1 rings (SSSR count). The molecule has 0 aromatic heterocycles. The number of nitrogens with one attached hydrogen (secondary N) is 1. The summed E-state index contributed by atoms with van der Waals surface area (Å²) in [6.07, 6.45) is 0. The van der Waals surface area contributed by atoms with Crippen molar-refractivity contribution in [1.82, 2.24) is 4.72 Å². The van der Waals surface area contributed by atoms with E-state index in [1.54, 1.807) is 6.92 Å². The van der Waals surface area contributed by atoms with Crippen molar-refractivity contribution in [2.75, 3.05) is 0 Å². The molecule has 0 saturated carbocycles. The molecule has 0 spiro atoms. The lowest BCUT2D eigenvalue weighted by Gasteiger charge is -2.03. The first-order valence-corrected chi connectivity index (χ1v) is 5.10. The molecule has 3 heteroatoms. The van der Waals surface area contributed by atoms with Gasteiger partial charge in [0.1, 0.15) is 0 Å². The molecule has 1 N–H and O–H groups in total. The van der Waals surface area contributed by atoms with Gasteiger partial charge in [0, 0.05) is 10.5 Å². The maximum Gasteiger partial charge on any atom is 0.256 e. The van der Waals surface area contributed by atoms with Crippen LogP contribution in [0.1, 0.15) is 12.5 Å². The van der Waals surface area contributed by atoms with Crippen molar-refractivity contribution in [2.24, 2.45) is 0 Å². The van der Waals surface area contributed by atoms with E-state index in [9.17, 15) is 4.79 Å². The first-order chi connectivity index (χ1) is 6.59. The normalized spacial score (nSPS) is 9.57. The van der Waals surface area contributed by atoms with Crippen molar-refractivity contribution in [3.8, 4) is 0 Å². The summed E-state index contributed by atoms with van der Waals surface area (Å²) < 4.78 is 2.70. The van der Waals surface area contributed by atoms with Crippen LogP contribution in [0, 0.1) is 6.92 Å². The number of hydrogen-bond acceptors (Lipinski definition) is 2. The highest BCUT2D eigenvalue weighted by atomic mass is 32.2. The van der Waals surface area contributed by atoms with E-state index in [1.807, 2.05) is 31.2 Å². The Morgan fingerprint density at radius 2 is 1.93 bits per heavy atom. The van der Waals surface area contributed by atoms with Crippen molar-refractivity contribution in [1.29, 1.82) is 0 Å². The molecule has 0 fully saturated rings. The van der Waals surface area contributed by atoms with Gasteiger partial charge in [0.05, 0.1) is 0 Å². The first kappa shape index (κ1) is 10.9. The second-order valence-electron chi connectivity index (χ2n) is 3.13. The zero-order chi connectivity index (χ0) is 10.6. The lowest BCUT2D eigenvalue weighted by atomic mass is 10.2. The fraction of sp³-hybridized carbons (Fsp3) is 0.182. The molecule has 0 radical (unpaired) electrons. The average Bonchev–Trinajstić information content (AvgIpc) is 2.16. The molecule has 74 valence electrons. The standard InChI is InChI=1S/C11H13NOS/c1-8(2)11(13)12-14-10-6-4-9(3)5-7-10/h4-7H,1H2,2-3H3,(H,12,13). The fourth-order valence-electron chi connectivity index (χ4n) is 0.799. The molecular weight excluding hydrogens is 194 g/mol. The minimum Gasteiger partial charge on any atom is -0.292 e. The highest BCUT2D eigenvalue weighted by Crippen LogP contribution is 2.15. The lowest BCUT2D eigenvalue weighted by Crippen LogP contribution is -2.15. The minimum absolute atomic E-state index is 0.129. The van der Waals surface area contributed by atoms with E-state index in [1.165, 1.54) is 17.5 Å². The molecule has 2 nitrogen and oxygen atoms in total. The van der Waals surface area contributed by atoms with Crippen molar-refractivity contribution in [2.45, 2.75) is 18.7 Å². The summed E-state index contributed by atoms with van der Waals surface area (Å²) in [5, 5.41) is 0. The highest BCUT2D eigenvalue weighted by Gasteiger charge is 2.01. The Labute approximate surface area is 88.5 Å². The van der Waals surface area contributed by atoms with Crippen LogP contribution < -0.4 is 4.72 Å². The van der Waals surface area contributed by atoms with E-state index in [4.69, 9.17) is 0 Å². The number of benzene rings is 1. The van der Waals surface area contributed by atoms with Crippen LogP contribution in [0.2, 0.25) is 0 Å². The van der Waals surface area contributed by atoms with Crippen LogP contribution in [0.25, 0.3) is 0 Å². The number of rotatable bonds is 3. The Morgan fingerprint density at radius 3 is 2.43 bits per heavy atom. The lowest BCUT2D eigenvalue weighted by molar-refractivity contribution is -0.115. The molecular formula is C11H13NOS. The van der Waals surface area contributed by atoms with Gasteiger partial charge in [-0.1, -0.05) is 24.3 Å².